The van der Waals surface area contributed by atoms with Crippen LogP contribution in [0.25, 0.3) is 0 Å². The maximum absolute atomic E-state index is 14.4. The lowest BCUT2D eigenvalue weighted by atomic mass is 10.1. The fraction of sp³-hybridized carbons (Fsp3) is 0.676. The quantitative estimate of drug-likeness (QED) is 0.405. The summed E-state index contributed by atoms with van der Waals surface area (Å²) in [5.74, 6) is -3.02. The van der Waals surface area contributed by atoms with Gasteiger partial charge < -0.3 is 29.7 Å². The van der Waals surface area contributed by atoms with E-state index in [-0.39, 0.29) is 51.6 Å². The van der Waals surface area contributed by atoms with E-state index in [2.05, 4.69) is 15.4 Å². The number of amides is 5. The van der Waals surface area contributed by atoms with Crippen LogP contribution in [0.4, 0.5) is 14.0 Å². The maximum atomic E-state index is 14.4. The van der Waals surface area contributed by atoms with Crippen LogP contribution in [-0.2, 0) is 51.7 Å². The predicted octanol–water partition coefficient (Wildman–Crippen LogP) is 2.21. The Balaban J connectivity index is 1.24. The molecule has 5 amide bonds. The zero-order valence-corrected chi connectivity index (χ0v) is 29.9. The predicted molar refractivity (Wildman–Crippen MR) is 178 cm³/mol. The second kappa shape index (κ2) is 14.2. The van der Waals surface area contributed by atoms with E-state index in [1.807, 2.05) is 0 Å². The molecule has 15 nitrogen and oxygen atoms in total. The van der Waals surface area contributed by atoms with Crippen LogP contribution in [0.3, 0.4) is 0 Å². The van der Waals surface area contributed by atoms with Crippen LogP contribution in [0.1, 0.15) is 83.3 Å². The Kier molecular flexibility index (Phi) is 10.2. The van der Waals surface area contributed by atoms with E-state index in [0.29, 0.717) is 43.2 Å². The number of rotatable bonds is 5. The number of sulfonamides is 1. The highest BCUT2D eigenvalue weighted by Crippen LogP contribution is 2.48. The van der Waals surface area contributed by atoms with E-state index in [1.54, 1.807) is 32.9 Å². The van der Waals surface area contributed by atoms with Gasteiger partial charge in [-0.05, 0) is 70.4 Å². The summed E-state index contributed by atoms with van der Waals surface area (Å²) in [5.41, 5.74) is -1.35. The van der Waals surface area contributed by atoms with E-state index in [0.717, 1.165) is 6.42 Å². The van der Waals surface area contributed by atoms with E-state index in [4.69, 9.17) is 14.2 Å². The summed E-state index contributed by atoms with van der Waals surface area (Å²) in [4.78, 5) is 70.6. The number of carbonyl (C=O) groups excluding carboxylic acids is 5. The molecule has 4 fully saturated rings. The van der Waals surface area contributed by atoms with Gasteiger partial charge in [0.15, 0.2) is 0 Å². The summed E-state index contributed by atoms with van der Waals surface area (Å²) in [6, 6.07) is 2.04. The molecule has 2 aliphatic carbocycles. The molecule has 3 aliphatic heterocycles. The number of nitrogens with zero attached hydrogens (tertiary/aromatic N) is 2. The minimum atomic E-state index is -3.91. The molecule has 17 heteroatoms. The summed E-state index contributed by atoms with van der Waals surface area (Å²) in [6.45, 7) is 4.93. The number of hydrogen-bond donors (Lipinski definition) is 3. The number of nitrogens with one attached hydrogen (secondary N) is 3. The van der Waals surface area contributed by atoms with Crippen molar-refractivity contribution in [1.29, 1.82) is 0 Å². The first-order valence-electron chi connectivity index (χ1n) is 17.5. The zero-order chi connectivity index (χ0) is 36.7. The Hall–Kier alpha value is -3.99. The summed E-state index contributed by atoms with van der Waals surface area (Å²) >= 11 is 0. The highest BCUT2D eigenvalue weighted by atomic mass is 32.2. The minimum absolute atomic E-state index is 0.0118. The highest BCUT2D eigenvalue weighted by molar-refractivity contribution is 7.91. The van der Waals surface area contributed by atoms with Crippen molar-refractivity contribution in [3.8, 4) is 0 Å². The summed E-state index contributed by atoms with van der Waals surface area (Å²) in [6.07, 6.45) is 0.915. The first-order chi connectivity index (χ1) is 24.1. The fourth-order valence-electron chi connectivity index (χ4n) is 7.05. The van der Waals surface area contributed by atoms with Crippen LogP contribution in [-0.4, -0.2) is 102 Å². The fourth-order valence-corrected chi connectivity index (χ4v) is 8.41. The van der Waals surface area contributed by atoms with Gasteiger partial charge in [-0.25, -0.2) is 22.4 Å². The van der Waals surface area contributed by atoms with Crippen molar-refractivity contribution in [3.05, 3.63) is 35.1 Å². The standard InChI is InChI=1S/C34H46FN5O10S/c1-33(2,3)50-31(44)36-26-19-48-13-6-4-5-9-21-15-34(21,30(43)38-51(46,47)23-11-12-23)37-28(41)27-14-22(17-40(27)29(26)42)49-32(45)39-16-20-8-7-10-25(35)24(20)18-39/h7-8,10,21-23,26-27H,4-6,9,11-19H2,1-3H3,(H,36,44)(H,37,41)(H,38,43)/t21-,22-,26-,27+,34-/m1/s1. The monoisotopic (exact) mass is 735 g/mol. The van der Waals surface area contributed by atoms with E-state index in [1.165, 1.54) is 15.9 Å². The van der Waals surface area contributed by atoms with E-state index < -0.39 is 80.3 Å². The summed E-state index contributed by atoms with van der Waals surface area (Å²) in [5, 5.41) is 4.70. The Morgan fingerprint density at radius 3 is 2.55 bits per heavy atom. The van der Waals surface area contributed by atoms with Crippen LogP contribution in [0, 0.1) is 11.7 Å². The largest absolute Gasteiger partial charge is 0.444 e. The lowest BCUT2D eigenvalue weighted by molar-refractivity contribution is -0.142. The summed E-state index contributed by atoms with van der Waals surface area (Å²) < 4.78 is 59.0. The molecule has 280 valence electrons. The van der Waals surface area contributed by atoms with Crippen molar-refractivity contribution >= 4 is 39.9 Å². The molecule has 6 rings (SSSR count). The normalized spacial score (nSPS) is 28.6. The molecule has 3 heterocycles. The summed E-state index contributed by atoms with van der Waals surface area (Å²) in [7, 11) is -3.91. The molecule has 0 spiro atoms. The highest BCUT2D eigenvalue weighted by Gasteiger charge is 2.62. The third-order valence-corrected chi connectivity index (χ3v) is 11.8. The molecule has 2 saturated carbocycles. The van der Waals surface area contributed by atoms with Gasteiger partial charge in [0.1, 0.15) is 35.1 Å². The van der Waals surface area contributed by atoms with Gasteiger partial charge in [0.05, 0.1) is 24.9 Å². The Bertz CT molecular complexity index is 1680. The van der Waals surface area contributed by atoms with Gasteiger partial charge in [-0.3, -0.25) is 24.0 Å². The maximum Gasteiger partial charge on any atom is 0.410 e. The second-order valence-electron chi connectivity index (χ2n) is 15.1. The molecule has 5 aliphatic rings. The van der Waals surface area contributed by atoms with Gasteiger partial charge in [-0.2, -0.15) is 0 Å². The molecule has 51 heavy (non-hydrogen) atoms. The van der Waals surface area contributed by atoms with Crippen LogP contribution in [0.15, 0.2) is 18.2 Å². The molecule has 0 aromatic heterocycles. The molecular weight excluding hydrogens is 689 g/mol. The van der Waals surface area contributed by atoms with Gasteiger partial charge in [0.2, 0.25) is 21.8 Å². The smallest absolute Gasteiger partial charge is 0.410 e. The van der Waals surface area contributed by atoms with Crippen LogP contribution >= 0.6 is 0 Å². The number of benzene rings is 1. The van der Waals surface area contributed by atoms with Crippen molar-refractivity contribution in [1.82, 2.24) is 25.2 Å². The Morgan fingerprint density at radius 2 is 1.84 bits per heavy atom. The topological polar surface area (TPSA) is 190 Å². The number of carbonyl (C=O) groups is 5. The SMILES string of the molecule is CC(C)(C)OC(=O)N[C@@H]1COCCCCC[C@@H]2C[C@@]2(C(=O)NS(=O)(=O)C2CC2)NC(=O)[C@@H]2C[C@@H](OC(=O)N3Cc4cccc(F)c4C3)CN2C1=O. The number of hydrogen-bond acceptors (Lipinski definition) is 10. The lowest BCUT2D eigenvalue weighted by Gasteiger charge is -2.30. The van der Waals surface area contributed by atoms with Crippen LogP contribution in [0.2, 0.25) is 0 Å². The van der Waals surface area contributed by atoms with Crippen molar-refractivity contribution < 1.29 is 51.0 Å². The molecule has 3 N–H and O–H groups in total. The Morgan fingerprint density at radius 1 is 1.08 bits per heavy atom. The number of halogens is 1. The minimum Gasteiger partial charge on any atom is -0.444 e. The van der Waals surface area contributed by atoms with Crippen molar-refractivity contribution in [3.63, 3.8) is 0 Å². The van der Waals surface area contributed by atoms with Gasteiger partial charge in [0.25, 0.3) is 5.91 Å². The molecule has 0 unspecified atom stereocenters. The van der Waals surface area contributed by atoms with Crippen molar-refractivity contribution in [2.75, 3.05) is 19.8 Å². The zero-order valence-electron chi connectivity index (χ0n) is 29.1. The number of alkyl carbamates (subject to hydrolysis) is 1. The number of fused-ring (bicyclic) bond motifs is 3. The van der Waals surface area contributed by atoms with Crippen LogP contribution in [0.5, 0.6) is 0 Å². The van der Waals surface area contributed by atoms with E-state index in [9.17, 15) is 36.8 Å². The third-order valence-electron chi connectivity index (χ3n) is 9.97. The molecule has 2 saturated heterocycles. The van der Waals surface area contributed by atoms with Gasteiger partial charge in [-0.1, -0.05) is 25.0 Å². The average Bonchev–Trinajstić information content (AvgIpc) is 3.93. The Labute approximate surface area is 296 Å². The van der Waals surface area contributed by atoms with Gasteiger partial charge in [0, 0.05) is 25.1 Å². The number of ether oxygens (including phenoxy) is 3. The molecule has 1 aromatic rings. The van der Waals surface area contributed by atoms with Crippen LogP contribution < -0.4 is 15.4 Å². The van der Waals surface area contributed by atoms with Gasteiger partial charge >= 0.3 is 12.2 Å². The van der Waals surface area contributed by atoms with Crippen molar-refractivity contribution in [2.24, 2.45) is 5.92 Å². The van der Waals surface area contributed by atoms with Crippen molar-refractivity contribution in [2.45, 2.75) is 120 Å². The third kappa shape index (κ3) is 8.40. The van der Waals surface area contributed by atoms with Gasteiger partial charge in [-0.15, -0.1) is 0 Å². The van der Waals surface area contributed by atoms with E-state index >= 15 is 0 Å². The first kappa shape index (κ1) is 36.8. The molecule has 5 atom stereocenters. The molecular formula is C34H46FN5O10S. The molecule has 0 radical (unpaired) electrons. The molecule has 1 aromatic carbocycles. The lowest BCUT2D eigenvalue weighted by Crippen LogP contribution is -2.59. The second-order valence-corrected chi connectivity index (χ2v) is 17.1. The molecule has 0 bridgehead atoms. The first-order valence-corrected chi connectivity index (χ1v) is 19.1. The average molecular weight is 736 g/mol.